The second kappa shape index (κ2) is 6.33. The van der Waals surface area contributed by atoms with Crippen LogP contribution < -0.4 is 0 Å². The van der Waals surface area contributed by atoms with Crippen molar-refractivity contribution in [3.8, 4) is 0 Å². The Morgan fingerprint density at radius 1 is 1.35 bits per heavy atom. The molecule has 2 N–H and O–H groups in total. The van der Waals surface area contributed by atoms with Crippen molar-refractivity contribution in [2.45, 2.75) is 6.18 Å². The molecule has 20 heavy (non-hydrogen) atoms. The molecule has 110 valence electrons. The number of aliphatic hydroxyl groups is 1. The number of aliphatic hydroxyl groups excluding tert-OH is 1. The third-order valence-corrected chi connectivity index (χ3v) is 2.25. The first-order valence-electron chi connectivity index (χ1n) is 5.41. The van der Waals surface area contributed by atoms with E-state index < -0.39 is 43.4 Å². The molecule has 6 nitrogen and oxygen atoms in total. The van der Waals surface area contributed by atoms with E-state index in [0.717, 1.165) is 18.3 Å². The molecule has 0 aliphatic rings. The molecular weight excluding hydrogens is 281 g/mol. The van der Waals surface area contributed by atoms with Gasteiger partial charge >= 0.3 is 12.1 Å². The molecule has 9 heteroatoms. The van der Waals surface area contributed by atoms with E-state index in [0.29, 0.717) is 4.90 Å². The Bertz CT molecular complexity index is 505. The van der Waals surface area contributed by atoms with E-state index in [9.17, 15) is 22.8 Å². The quantitative estimate of drug-likeness (QED) is 0.836. The van der Waals surface area contributed by atoms with Gasteiger partial charge in [-0.15, -0.1) is 0 Å². The first-order chi connectivity index (χ1) is 9.24. The number of amides is 1. The van der Waals surface area contributed by atoms with Gasteiger partial charge in [0.2, 0.25) is 0 Å². The van der Waals surface area contributed by atoms with Crippen molar-refractivity contribution >= 4 is 11.9 Å². The second-order valence-electron chi connectivity index (χ2n) is 3.80. The molecule has 1 aromatic rings. The maximum atomic E-state index is 12.3. The van der Waals surface area contributed by atoms with Crippen LogP contribution in [0.4, 0.5) is 13.2 Å². The molecule has 0 atom stereocenters. The van der Waals surface area contributed by atoms with Gasteiger partial charge in [-0.25, -0.2) is 9.78 Å². The van der Waals surface area contributed by atoms with Crippen molar-refractivity contribution in [1.82, 2.24) is 9.88 Å². The fourth-order valence-corrected chi connectivity index (χ4v) is 1.45. The van der Waals surface area contributed by atoms with Gasteiger partial charge in [-0.1, -0.05) is 0 Å². The standard InChI is InChI=1S/C11H11F3N2O4/c12-11(13,14)6-16(3-4-17)9(18)7-1-2-15-8(5-7)10(19)20/h1-2,5,17H,3-4,6H2,(H,19,20). The molecule has 0 aliphatic heterocycles. The Morgan fingerprint density at radius 2 is 2.00 bits per heavy atom. The number of alkyl halides is 3. The fraction of sp³-hybridized carbons (Fsp3) is 0.364. The lowest BCUT2D eigenvalue weighted by molar-refractivity contribution is -0.141. The third kappa shape index (κ3) is 4.50. The number of rotatable bonds is 5. The zero-order valence-electron chi connectivity index (χ0n) is 10.1. The summed E-state index contributed by atoms with van der Waals surface area (Å²) in [6.45, 7) is -2.68. The SMILES string of the molecule is O=C(O)c1cc(C(=O)N(CCO)CC(F)(F)F)ccn1. The largest absolute Gasteiger partial charge is 0.477 e. The molecule has 0 saturated carbocycles. The summed E-state index contributed by atoms with van der Waals surface area (Å²) in [7, 11) is 0. The number of aromatic carboxylic acids is 1. The van der Waals surface area contributed by atoms with Crippen LogP contribution in [0.25, 0.3) is 0 Å². The summed E-state index contributed by atoms with van der Waals surface area (Å²) in [5.74, 6) is -2.43. The summed E-state index contributed by atoms with van der Waals surface area (Å²) in [5, 5.41) is 17.4. The van der Waals surface area contributed by atoms with Gasteiger partial charge < -0.3 is 15.1 Å². The number of carbonyl (C=O) groups excluding carboxylic acids is 1. The number of nitrogens with zero attached hydrogens (tertiary/aromatic N) is 2. The molecule has 0 aliphatic carbocycles. The first kappa shape index (κ1) is 15.9. The van der Waals surface area contributed by atoms with E-state index in [2.05, 4.69) is 4.98 Å². The van der Waals surface area contributed by atoms with Gasteiger partial charge in [0.1, 0.15) is 12.2 Å². The molecule has 0 aromatic carbocycles. The van der Waals surface area contributed by atoms with Crippen molar-refractivity contribution in [3.05, 3.63) is 29.6 Å². The Balaban J connectivity index is 3.00. The molecule has 0 radical (unpaired) electrons. The number of carboxylic acids is 1. The molecule has 0 saturated heterocycles. The van der Waals surface area contributed by atoms with E-state index in [1.165, 1.54) is 0 Å². The Morgan fingerprint density at radius 3 is 2.50 bits per heavy atom. The number of halogens is 3. The summed E-state index contributed by atoms with van der Waals surface area (Å²) < 4.78 is 37.0. The van der Waals surface area contributed by atoms with Crippen LogP contribution in [0, 0.1) is 0 Å². The fourth-order valence-electron chi connectivity index (χ4n) is 1.45. The van der Waals surface area contributed by atoms with E-state index in [-0.39, 0.29) is 5.56 Å². The van der Waals surface area contributed by atoms with Gasteiger partial charge in [0.25, 0.3) is 5.91 Å². The predicted molar refractivity (Wildman–Crippen MR) is 60.2 cm³/mol. The van der Waals surface area contributed by atoms with E-state index in [1.54, 1.807) is 0 Å². The number of hydrogen-bond donors (Lipinski definition) is 2. The lowest BCUT2D eigenvalue weighted by Gasteiger charge is -2.23. The summed E-state index contributed by atoms with van der Waals surface area (Å²) in [6, 6.07) is 1.99. The van der Waals surface area contributed by atoms with Crippen molar-refractivity contribution in [2.75, 3.05) is 19.7 Å². The van der Waals surface area contributed by atoms with Crippen LogP contribution in [0.2, 0.25) is 0 Å². The number of aromatic nitrogens is 1. The summed E-state index contributed by atoms with van der Waals surface area (Å²) in [5.41, 5.74) is -0.693. The molecule has 0 spiro atoms. The molecule has 1 amide bonds. The van der Waals surface area contributed by atoms with E-state index in [1.807, 2.05) is 0 Å². The van der Waals surface area contributed by atoms with Crippen LogP contribution in [-0.4, -0.2) is 57.8 Å². The number of pyridine rings is 1. The highest BCUT2D eigenvalue weighted by molar-refractivity contribution is 5.96. The lowest BCUT2D eigenvalue weighted by atomic mass is 10.2. The van der Waals surface area contributed by atoms with Gasteiger partial charge in [-0.3, -0.25) is 4.79 Å². The highest BCUT2D eigenvalue weighted by Gasteiger charge is 2.33. The van der Waals surface area contributed by atoms with Crippen LogP contribution in [0.3, 0.4) is 0 Å². The minimum absolute atomic E-state index is 0.241. The summed E-state index contributed by atoms with van der Waals surface area (Å²) >= 11 is 0. The molecule has 1 rings (SSSR count). The van der Waals surface area contributed by atoms with Crippen molar-refractivity contribution in [3.63, 3.8) is 0 Å². The highest BCUT2D eigenvalue weighted by atomic mass is 19.4. The van der Waals surface area contributed by atoms with Crippen LogP contribution in [0.5, 0.6) is 0 Å². The zero-order valence-corrected chi connectivity index (χ0v) is 10.1. The Kier molecular flexibility index (Phi) is 5.03. The predicted octanol–water partition coefficient (Wildman–Crippen LogP) is 0.777. The average molecular weight is 292 g/mol. The second-order valence-corrected chi connectivity index (χ2v) is 3.80. The van der Waals surface area contributed by atoms with Crippen molar-refractivity contribution in [2.24, 2.45) is 0 Å². The van der Waals surface area contributed by atoms with Crippen LogP contribution in [0.15, 0.2) is 18.3 Å². The minimum atomic E-state index is -4.62. The molecule has 0 unspecified atom stereocenters. The Labute approximate surface area is 111 Å². The maximum Gasteiger partial charge on any atom is 0.406 e. The summed E-state index contributed by atoms with van der Waals surface area (Å²) in [6.07, 6.45) is -3.60. The van der Waals surface area contributed by atoms with Crippen molar-refractivity contribution in [1.29, 1.82) is 0 Å². The van der Waals surface area contributed by atoms with Gasteiger partial charge in [0.15, 0.2) is 0 Å². The lowest BCUT2D eigenvalue weighted by Crippen LogP contribution is -2.40. The van der Waals surface area contributed by atoms with Gasteiger partial charge in [0.05, 0.1) is 6.61 Å². The normalized spacial score (nSPS) is 11.2. The van der Waals surface area contributed by atoms with Crippen LogP contribution in [-0.2, 0) is 0 Å². The molecule has 0 fully saturated rings. The minimum Gasteiger partial charge on any atom is -0.477 e. The maximum absolute atomic E-state index is 12.3. The Hall–Kier alpha value is -2.16. The van der Waals surface area contributed by atoms with Gasteiger partial charge in [0, 0.05) is 18.3 Å². The molecule has 1 aromatic heterocycles. The van der Waals surface area contributed by atoms with Crippen LogP contribution in [0.1, 0.15) is 20.8 Å². The van der Waals surface area contributed by atoms with E-state index >= 15 is 0 Å². The van der Waals surface area contributed by atoms with Crippen LogP contribution >= 0.6 is 0 Å². The smallest absolute Gasteiger partial charge is 0.406 e. The number of carbonyl (C=O) groups is 2. The molecular formula is C11H11F3N2O4. The van der Waals surface area contributed by atoms with E-state index in [4.69, 9.17) is 10.2 Å². The summed E-state index contributed by atoms with van der Waals surface area (Å²) in [4.78, 5) is 26.4. The molecule has 1 heterocycles. The van der Waals surface area contributed by atoms with Gasteiger partial charge in [-0.05, 0) is 12.1 Å². The topological polar surface area (TPSA) is 90.7 Å². The highest BCUT2D eigenvalue weighted by Crippen LogP contribution is 2.18. The monoisotopic (exact) mass is 292 g/mol. The average Bonchev–Trinajstić information content (AvgIpc) is 2.36. The van der Waals surface area contributed by atoms with Gasteiger partial charge in [-0.2, -0.15) is 13.2 Å². The van der Waals surface area contributed by atoms with Crippen molar-refractivity contribution < 1.29 is 33.0 Å². The molecule has 0 bridgehead atoms. The first-order valence-corrected chi connectivity index (χ1v) is 5.41. The third-order valence-electron chi connectivity index (χ3n) is 2.25. The number of hydrogen-bond acceptors (Lipinski definition) is 4. The zero-order chi connectivity index (χ0) is 15.3. The number of carboxylic acid groups (broad SMARTS) is 1.